The van der Waals surface area contributed by atoms with Crippen molar-refractivity contribution >= 4 is 7.85 Å². The normalized spacial score (nSPS) is 42.3. The molecule has 0 aromatic rings. The Kier molecular flexibility index (Phi) is 3.54. The second-order valence-corrected chi connectivity index (χ2v) is 3.60. The van der Waals surface area contributed by atoms with E-state index >= 15 is 0 Å². The van der Waals surface area contributed by atoms with Crippen LogP contribution in [0, 0.1) is 16.7 Å². The predicted octanol–water partition coefficient (Wildman–Crippen LogP) is 0.0711. The molecule has 0 bridgehead atoms. The molecule has 1 heterocycles. The summed E-state index contributed by atoms with van der Waals surface area (Å²) in [5, 5.41) is 9.05. The molecule has 0 aromatic carbocycles. The first-order chi connectivity index (χ1) is 6.60. The number of methoxy groups -OCH3 is 2. The lowest BCUT2D eigenvalue weighted by Crippen LogP contribution is -2.40. The Bertz CT molecular complexity index is 243. The molecule has 1 fully saturated rings. The van der Waals surface area contributed by atoms with Gasteiger partial charge in [0.1, 0.15) is 25.5 Å². The van der Waals surface area contributed by atoms with Gasteiger partial charge in [0.05, 0.1) is 12.7 Å². The summed E-state index contributed by atoms with van der Waals surface area (Å²) in [4.78, 5) is 0. The third-order valence-corrected chi connectivity index (χ3v) is 2.67. The molecular weight excluding hydrogens is 181 g/mol. The van der Waals surface area contributed by atoms with Gasteiger partial charge in [0.2, 0.25) is 0 Å². The van der Waals surface area contributed by atoms with Crippen molar-refractivity contribution in [3.63, 3.8) is 0 Å². The van der Waals surface area contributed by atoms with E-state index in [1.165, 1.54) is 0 Å². The molecule has 0 saturated carbocycles. The van der Waals surface area contributed by atoms with Crippen LogP contribution in [-0.2, 0) is 14.2 Å². The van der Waals surface area contributed by atoms with Crippen molar-refractivity contribution < 1.29 is 14.2 Å². The molecule has 1 aliphatic heterocycles. The van der Waals surface area contributed by atoms with Gasteiger partial charge in [0, 0.05) is 20.2 Å². The van der Waals surface area contributed by atoms with E-state index in [0.29, 0.717) is 6.61 Å². The molecule has 14 heavy (non-hydrogen) atoms. The van der Waals surface area contributed by atoms with E-state index in [-0.39, 0.29) is 12.2 Å². The summed E-state index contributed by atoms with van der Waals surface area (Å²) in [6.07, 6.45) is -0.618. The summed E-state index contributed by atoms with van der Waals surface area (Å²) in [6.45, 7) is 2.12. The summed E-state index contributed by atoms with van der Waals surface area (Å²) in [5.74, 6) is 0. The Morgan fingerprint density at radius 1 is 1.57 bits per heavy atom. The van der Waals surface area contributed by atoms with Crippen molar-refractivity contribution in [3.8, 4) is 6.07 Å². The molecule has 0 unspecified atom stereocenters. The van der Waals surface area contributed by atoms with Crippen LogP contribution in [0.1, 0.15) is 6.92 Å². The lowest BCUT2D eigenvalue weighted by atomic mass is 9.72. The minimum atomic E-state index is -0.808. The number of nitriles is 1. The van der Waals surface area contributed by atoms with E-state index in [1.807, 2.05) is 0 Å². The van der Waals surface area contributed by atoms with Crippen molar-refractivity contribution in [2.24, 2.45) is 5.41 Å². The molecule has 0 aromatic heterocycles. The van der Waals surface area contributed by atoms with Gasteiger partial charge in [-0.2, -0.15) is 5.26 Å². The van der Waals surface area contributed by atoms with E-state index in [1.54, 1.807) is 21.1 Å². The largest absolute Gasteiger partial charge is 0.382 e. The highest BCUT2D eigenvalue weighted by atomic mass is 16.6. The van der Waals surface area contributed by atoms with E-state index in [0.717, 1.165) is 0 Å². The van der Waals surface area contributed by atoms with E-state index in [4.69, 9.17) is 27.3 Å². The van der Waals surface area contributed by atoms with E-state index < -0.39 is 11.4 Å². The molecule has 4 nitrogen and oxygen atoms in total. The Labute approximate surface area is 85.5 Å². The topological polar surface area (TPSA) is 51.5 Å². The lowest BCUT2D eigenvalue weighted by molar-refractivity contribution is -0.0362. The van der Waals surface area contributed by atoms with Gasteiger partial charge in [-0.05, 0) is 6.92 Å². The molecule has 1 aliphatic rings. The van der Waals surface area contributed by atoms with Crippen molar-refractivity contribution in [2.75, 3.05) is 20.8 Å². The highest BCUT2D eigenvalue weighted by Crippen LogP contribution is 2.38. The molecule has 2 radical (unpaired) electrons. The monoisotopic (exact) mass is 195 g/mol. The summed E-state index contributed by atoms with van der Waals surface area (Å²) in [5.41, 5.74) is -0.808. The molecule has 0 amide bonds. The minimum Gasteiger partial charge on any atom is -0.382 e. The van der Waals surface area contributed by atoms with Crippen molar-refractivity contribution in [1.29, 1.82) is 5.26 Å². The Balaban J connectivity index is 2.84. The quantitative estimate of drug-likeness (QED) is 0.598. The molecule has 1 saturated heterocycles. The lowest BCUT2D eigenvalue weighted by Gasteiger charge is -2.26. The van der Waals surface area contributed by atoms with Crippen LogP contribution in [0.2, 0.25) is 0 Å². The zero-order chi connectivity index (χ0) is 10.8. The maximum Gasteiger partial charge on any atom is 0.111 e. The van der Waals surface area contributed by atoms with Crippen LogP contribution in [0.5, 0.6) is 0 Å². The fourth-order valence-electron chi connectivity index (χ4n) is 1.76. The Hall–Kier alpha value is -0.565. The van der Waals surface area contributed by atoms with Crippen LogP contribution in [0.4, 0.5) is 0 Å². The first-order valence-electron chi connectivity index (χ1n) is 4.44. The minimum absolute atomic E-state index is 0.273. The van der Waals surface area contributed by atoms with E-state index in [2.05, 4.69) is 6.07 Å². The van der Waals surface area contributed by atoms with Crippen molar-refractivity contribution in [2.45, 2.75) is 25.1 Å². The molecule has 0 N–H and O–H groups in total. The molecule has 1 rings (SSSR count). The number of rotatable bonds is 3. The third-order valence-electron chi connectivity index (χ3n) is 2.67. The molecule has 4 atom stereocenters. The zero-order valence-electron chi connectivity index (χ0n) is 8.69. The smallest absolute Gasteiger partial charge is 0.111 e. The fourth-order valence-corrected chi connectivity index (χ4v) is 1.76. The third kappa shape index (κ3) is 1.65. The summed E-state index contributed by atoms with van der Waals surface area (Å²) in [6, 6.07) is 1.52. The number of hydrogen-bond donors (Lipinski definition) is 0. The average Bonchev–Trinajstić information content (AvgIpc) is 2.40. The molecule has 5 heteroatoms. The van der Waals surface area contributed by atoms with Crippen LogP contribution in [0.15, 0.2) is 0 Å². The summed E-state index contributed by atoms with van der Waals surface area (Å²) >= 11 is 0. The Morgan fingerprint density at radius 3 is 2.64 bits per heavy atom. The molecular formula is C9H14BNO3. The van der Waals surface area contributed by atoms with Crippen LogP contribution in [0.3, 0.4) is 0 Å². The van der Waals surface area contributed by atoms with Gasteiger partial charge in [-0.1, -0.05) is 0 Å². The van der Waals surface area contributed by atoms with Crippen LogP contribution in [0.25, 0.3) is 0 Å². The van der Waals surface area contributed by atoms with Gasteiger partial charge in [0.25, 0.3) is 0 Å². The van der Waals surface area contributed by atoms with Crippen LogP contribution in [-0.4, -0.2) is 46.9 Å². The second kappa shape index (κ2) is 4.30. The van der Waals surface area contributed by atoms with Crippen molar-refractivity contribution in [1.82, 2.24) is 0 Å². The average molecular weight is 195 g/mol. The standard InChI is InChI=1S/C9H14BNO3/c1-9(5-11)7(13-3)6(4-12-2)14-8(9)10/h6-8H,4H2,1-3H3/t6-,7-,8-,9-/m1/s1. The molecule has 0 spiro atoms. The number of ether oxygens (including phenoxy) is 3. The van der Waals surface area contributed by atoms with Crippen LogP contribution >= 0.6 is 0 Å². The van der Waals surface area contributed by atoms with Crippen molar-refractivity contribution in [3.05, 3.63) is 0 Å². The van der Waals surface area contributed by atoms with Gasteiger partial charge < -0.3 is 14.2 Å². The Morgan fingerprint density at radius 2 is 2.21 bits per heavy atom. The summed E-state index contributed by atoms with van der Waals surface area (Å²) < 4.78 is 15.6. The van der Waals surface area contributed by atoms with Gasteiger partial charge >= 0.3 is 0 Å². The van der Waals surface area contributed by atoms with E-state index in [9.17, 15) is 0 Å². The highest BCUT2D eigenvalue weighted by Gasteiger charge is 2.52. The molecule has 0 aliphatic carbocycles. The SMILES string of the molecule is [B][C@@H]1O[C@H](COC)[C@@H](OC)[C@@]1(C)C#N. The van der Waals surface area contributed by atoms with Crippen LogP contribution < -0.4 is 0 Å². The zero-order valence-corrected chi connectivity index (χ0v) is 8.69. The fraction of sp³-hybridized carbons (Fsp3) is 0.889. The van der Waals surface area contributed by atoms with Gasteiger partial charge in [-0.15, -0.1) is 0 Å². The number of hydrogen-bond acceptors (Lipinski definition) is 4. The van der Waals surface area contributed by atoms with Gasteiger partial charge in [-0.3, -0.25) is 0 Å². The van der Waals surface area contributed by atoms with Gasteiger partial charge in [-0.25, -0.2) is 0 Å². The maximum absolute atomic E-state index is 9.05. The predicted molar refractivity (Wildman–Crippen MR) is 50.8 cm³/mol. The maximum atomic E-state index is 9.05. The number of nitrogens with zero attached hydrogens (tertiary/aromatic N) is 1. The second-order valence-electron chi connectivity index (χ2n) is 3.60. The first-order valence-corrected chi connectivity index (χ1v) is 4.44. The summed E-state index contributed by atoms with van der Waals surface area (Å²) in [7, 11) is 8.85. The van der Waals surface area contributed by atoms with Gasteiger partial charge in [0.15, 0.2) is 0 Å². The molecule has 76 valence electrons. The first kappa shape index (κ1) is 11.5. The highest BCUT2D eigenvalue weighted by molar-refractivity contribution is 6.12.